The number of likely N-dealkylation sites (tertiary alicyclic amines) is 1. The molecule has 6 heteroatoms. The maximum absolute atomic E-state index is 13.6. The molecule has 20 heavy (non-hydrogen) atoms. The Morgan fingerprint density at radius 3 is 2.60 bits per heavy atom. The van der Waals surface area contributed by atoms with Crippen LogP contribution in [0.15, 0.2) is 16.6 Å². The standard InChI is InChI=1S/C14H16BrFN2O2/c1-7(2)18-13(19)6-12(14(18)20)17-11-5-10(16)9(15)4-8(11)3/h4-5,7,12,17H,6H2,1-3H3. The molecule has 1 aliphatic rings. The van der Waals surface area contributed by atoms with Gasteiger partial charge in [0.2, 0.25) is 5.91 Å². The fourth-order valence-electron chi connectivity index (χ4n) is 2.30. The Balaban J connectivity index is 2.22. The lowest BCUT2D eigenvalue weighted by molar-refractivity contribution is -0.140. The Bertz CT molecular complexity index is 575. The van der Waals surface area contributed by atoms with Gasteiger partial charge in [0.25, 0.3) is 5.91 Å². The van der Waals surface area contributed by atoms with Gasteiger partial charge in [-0.2, -0.15) is 0 Å². The van der Waals surface area contributed by atoms with Crippen LogP contribution in [0.2, 0.25) is 0 Å². The summed E-state index contributed by atoms with van der Waals surface area (Å²) in [6, 6.07) is 2.18. The summed E-state index contributed by atoms with van der Waals surface area (Å²) < 4.78 is 13.9. The number of nitrogens with zero attached hydrogens (tertiary/aromatic N) is 1. The number of halogens is 2. The van der Waals surface area contributed by atoms with Crippen molar-refractivity contribution in [2.45, 2.75) is 39.3 Å². The highest BCUT2D eigenvalue weighted by molar-refractivity contribution is 9.10. The molecule has 1 aliphatic heterocycles. The molecule has 4 nitrogen and oxygen atoms in total. The average molecular weight is 343 g/mol. The van der Waals surface area contributed by atoms with Crippen LogP contribution in [-0.4, -0.2) is 28.8 Å². The van der Waals surface area contributed by atoms with Gasteiger partial charge in [0.05, 0.1) is 10.9 Å². The molecule has 1 fully saturated rings. The normalized spacial score (nSPS) is 19.1. The topological polar surface area (TPSA) is 49.4 Å². The van der Waals surface area contributed by atoms with Gasteiger partial charge in [-0.15, -0.1) is 0 Å². The first-order valence-corrected chi connectivity index (χ1v) is 7.18. The van der Waals surface area contributed by atoms with E-state index in [9.17, 15) is 14.0 Å². The lowest BCUT2D eigenvalue weighted by Gasteiger charge is -2.20. The molecule has 1 aromatic carbocycles. The minimum absolute atomic E-state index is 0.105. The molecule has 0 bridgehead atoms. The fourth-order valence-corrected chi connectivity index (χ4v) is 2.75. The molecule has 1 heterocycles. The average Bonchev–Trinajstić information content (AvgIpc) is 2.61. The highest BCUT2D eigenvalue weighted by Crippen LogP contribution is 2.27. The summed E-state index contributed by atoms with van der Waals surface area (Å²) in [7, 11) is 0. The molecule has 2 amide bonds. The summed E-state index contributed by atoms with van der Waals surface area (Å²) in [4.78, 5) is 25.2. The molecule has 1 N–H and O–H groups in total. The lowest BCUT2D eigenvalue weighted by Crippen LogP contribution is -2.39. The van der Waals surface area contributed by atoms with Gasteiger partial charge in [0.15, 0.2) is 0 Å². The summed E-state index contributed by atoms with van der Waals surface area (Å²) in [5.41, 5.74) is 1.34. The predicted molar refractivity (Wildman–Crippen MR) is 77.9 cm³/mol. The zero-order valence-electron chi connectivity index (χ0n) is 11.5. The maximum atomic E-state index is 13.6. The smallest absolute Gasteiger partial charge is 0.252 e. The highest BCUT2D eigenvalue weighted by atomic mass is 79.9. The third-order valence-corrected chi connectivity index (χ3v) is 3.90. The fraction of sp³-hybridized carbons (Fsp3) is 0.429. The molecule has 0 spiro atoms. The van der Waals surface area contributed by atoms with Crippen LogP contribution in [0, 0.1) is 12.7 Å². The van der Waals surface area contributed by atoms with E-state index >= 15 is 0 Å². The molecule has 1 atom stereocenters. The van der Waals surface area contributed by atoms with Crippen molar-refractivity contribution in [2.75, 3.05) is 5.32 Å². The molecule has 0 aromatic heterocycles. The Labute approximate surface area is 125 Å². The van der Waals surface area contributed by atoms with Gasteiger partial charge in [-0.05, 0) is 54.4 Å². The highest BCUT2D eigenvalue weighted by Gasteiger charge is 2.40. The van der Waals surface area contributed by atoms with Crippen molar-refractivity contribution in [3.63, 3.8) is 0 Å². The molecule has 108 valence electrons. The van der Waals surface area contributed by atoms with Gasteiger partial charge < -0.3 is 5.32 Å². The van der Waals surface area contributed by atoms with E-state index < -0.39 is 11.9 Å². The minimum atomic E-state index is -0.621. The Kier molecular flexibility index (Phi) is 4.13. The van der Waals surface area contributed by atoms with E-state index in [1.165, 1.54) is 11.0 Å². The van der Waals surface area contributed by atoms with Crippen LogP contribution >= 0.6 is 15.9 Å². The zero-order chi connectivity index (χ0) is 15.0. The van der Waals surface area contributed by atoms with Crippen LogP contribution in [-0.2, 0) is 9.59 Å². The molecular formula is C14H16BrFN2O2. The summed E-state index contributed by atoms with van der Waals surface area (Å²) >= 11 is 3.11. The Morgan fingerprint density at radius 1 is 1.40 bits per heavy atom. The van der Waals surface area contributed by atoms with Gasteiger partial charge in [0, 0.05) is 11.7 Å². The van der Waals surface area contributed by atoms with Crippen LogP contribution < -0.4 is 5.32 Å². The van der Waals surface area contributed by atoms with Gasteiger partial charge in [0.1, 0.15) is 11.9 Å². The van der Waals surface area contributed by atoms with E-state index in [1.54, 1.807) is 19.9 Å². The first kappa shape index (κ1) is 15.0. The molecule has 2 rings (SSSR count). The van der Waals surface area contributed by atoms with E-state index in [0.717, 1.165) is 5.56 Å². The first-order chi connectivity index (χ1) is 9.31. The predicted octanol–water partition coefficient (Wildman–Crippen LogP) is 2.84. The number of benzene rings is 1. The van der Waals surface area contributed by atoms with Crippen LogP contribution in [0.5, 0.6) is 0 Å². The van der Waals surface area contributed by atoms with Crippen molar-refractivity contribution in [2.24, 2.45) is 0 Å². The quantitative estimate of drug-likeness (QED) is 0.859. The van der Waals surface area contributed by atoms with Crippen molar-refractivity contribution in [3.8, 4) is 0 Å². The third-order valence-electron chi connectivity index (χ3n) is 3.30. The number of rotatable bonds is 3. The van der Waals surface area contributed by atoms with Gasteiger partial charge in [-0.1, -0.05) is 0 Å². The lowest BCUT2D eigenvalue weighted by atomic mass is 10.1. The van der Waals surface area contributed by atoms with E-state index in [2.05, 4.69) is 21.2 Å². The van der Waals surface area contributed by atoms with Crippen molar-refractivity contribution in [1.82, 2.24) is 4.90 Å². The summed E-state index contributed by atoms with van der Waals surface area (Å²) in [6.07, 6.45) is 0.105. The van der Waals surface area contributed by atoms with E-state index in [1.807, 2.05) is 6.92 Å². The number of carbonyl (C=O) groups excluding carboxylic acids is 2. The molecule has 0 radical (unpaired) electrons. The number of imide groups is 1. The molecule has 1 unspecified atom stereocenters. The van der Waals surface area contributed by atoms with E-state index in [4.69, 9.17) is 0 Å². The van der Waals surface area contributed by atoms with E-state index in [-0.39, 0.29) is 24.3 Å². The van der Waals surface area contributed by atoms with Gasteiger partial charge in [-0.3, -0.25) is 14.5 Å². The zero-order valence-corrected chi connectivity index (χ0v) is 13.1. The first-order valence-electron chi connectivity index (χ1n) is 6.39. The second-order valence-corrected chi connectivity index (χ2v) is 6.03. The number of nitrogens with one attached hydrogen (secondary N) is 1. The monoisotopic (exact) mass is 342 g/mol. The number of aryl methyl sites for hydroxylation is 1. The van der Waals surface area contributed by atoms with Crippen molar-refractivity contribution < 1.29 is 14.0 Å². The van der Waals surface area contributed by atoms with Crippen molar-refractivity contribution in [1.29, 1.82) is 0 Å². The Morgan fingerprint density at radius 2 is 2.05 bits per heavy atom. The van der Waals surface area contributed by atoms with Crippen LogP contribution in [0.3, 0.4) is 0 Å². The summed E-state index contributed by atoms with van der Waals surface area (Å²) in [5, 5.41) is 2.97. The minimum Gasteiger partial charge on any atom is -0.373 e. The van der Waals surface area contributed by atoms with Crippen LogP contribution in [0.4, 0.5) is 10.1 Å². The molecule has 1 saturated heterocycles. The number of carbonyl (C=O) groups is 2. The number of anilines is 1. The maximum Gasteiger partial charge on any atom is 0.252 e. The number of hydrogen-bond donors (Lipinski definition) is 1. The van der Waals surface area contributed by atoms with Gasteiger partial charge in [-0.25, -0.2) is 4.39 Å². The molecular weight excluding hydrogens is 327 g/mol. The van der Waals surface area contributed by atoms with Crippen molar-refractivity contribution >= 4 is 33.4 Å². The molecule has 0 saturated carbocycles. The molecule has 0 aliphatic carbocycles. The number of hydrogen-bond acceptors (Lipinski definition) is 3. The van der Waals surface area contributed by atoms with Crippen LogP contribution in [0.1, 0.15) is 25.8 Å². The largest absolute Gasteiger partial charge is 0.373 e. The molecule has 1 aromatic rings. The second kappa shape index (κ2) is 5.52. The van der Waals surface area contributed by atoms with Gasteiger partial charge >= 0.3 is 0 Å². The number of amides is 2. The summed E-state index contributed by atoms with van der Waals surface area (Å²) in [6.45, 7) is 5.40. The Hall–Kier alpha value is -1.43. The third kappa shape index (κ3) is 2.70. The van der Waals surface area contributed by atoms with Crippen molar-refractivity contribution in [3.05, 3.63) is 28.0 Å². The second-order valence-electron chi connectivity index (χ2n) is 5.18. The van der Waals surface area contributed by atoms with Crippen LogP contribution in [0.25, 0.3) is 0 Å². The van der Waals surface area contributed by atoms with E-state index in [0.29, 0.717) is 10.2 Å². The SMILES string of the molecule is Cc1cc(Br)c(F)cc1NC1CC(=O)N(C(C)C)C1=O. The summed E-state index contributed by atoms with van der Waals surface area (Å²) in [5.74, 6) is -0.860.